The third-order valence-electron chi connectivity index (χ3n) is 3.04. The smallest absolute Gasteiger partial charge is 0.121 e. The van der Waals surface area contributed by atoms with E-state index in [1.807, 2.05) is 25.1 Å². The van der Waals surface area contributed by atoms with E-state index in [0.29, 0.717) is 5.92 Å². The zero-order chi connectivity index (χ0) is 12.6. The zero-order valence-electron chi connectivity index (χ0n) is 10.7. The van der Waals surface area contributed by atoms with Crippen LogP contribution in [0.25, 0.3) is 10.9 Å². The predicted molar refractivity (Wildman–Crippen MR) is 71.5 cm³/mol. The molecule has 0 aliphatic rings. The summed E-state index contributed by atoms with van der Waals surface area (Å²) in [7, 11) is 1.65. The minimum absolute atomic E-state index is 0.383. The van der Waals surface area contributed by atoms with Crippen LogP contribution < -0.4 is 10.5 Å². The summed E-state index contributed by atoms with van der Waals surface area (Å²) >= 11 is 0. The van der Waals surface area contributed by atoms with Crippen molar-refractivity contribution in [1.29, 1.82) is 0 Å². The van der Waals surface area contributed by atoms with Crippen LogP contribution in [0.1, 0.15) is 31.0 Å². The summed E-state index contributed by atoms with van der Waals surface area (Å²) in [6.07, 6.45) is 0. The van der Waals surface area contributed by atoms with Crippen molar-refractivity contribution in [3.63, 3.8) is 0 Å². The molecule has 0 atom stereocenters. The number of aromatic nitrogens is 1. The Labute approximate surface area is 102 Å². The van der Waals surface area contributed by atoms with Crippen LogP contribution in [-0.4, -0.2) is 12.1 Å². The summed E-state index contributed by atoms with van der Waals surface area (Å²) in [5.41, 5.74) is 10.1. The molecular weight excluding hydrogens is 212 g/mol. The molecule has 2 rings (SSSR count). The number of nitrogens with two attached hydrogens (primary N) is 1. The molecule has 0 fully saturated rings. The minimum Gasteiger partial charge on any atom is -0.497 e. The quantitative estimate of drug-likeness (QED) is 0.861. The summed E-state index contributed by atoms with van der Waals surface area (Å²) in [4.78, 5) is 4.61. The van der Waals surface area contributed by atoms with Gasteiger partial charge in [0.2, 0.25) is 0 Å². The average Bonchev–Trinajstić information content (AvgIpc) is 2.27. The van der Waals surface area contributed by atoms with Gasteiger partial charge in [0.1, 0.15) is 5.75 Å². The Morgan fingerprint density at radius 2 is 2.00 bits per heavy atom. The maximum absolute atomic E-state index is 6.23. The van der Waals surface area contributed by atoms with E-state index in [2.05, 4.69) is 18.8 Å². The van der Waals surface area contributed by atoms with Crippen LogP contribution in [0.2, 0.25) is 0 Å². The summed E-state index contributed by atoms with van der Waals surface area (Å²) in [6.45, 7) is 6.27. The lowest BCUT2D eigenvalue weighted by atomic mass is 9.97. The van der Waals surface area contributed by atoms with E-state index in [1.54, 1.807) is 7.11 Å². The Morgan fingerprint density at radius 1 is 1.29 bits per heavy atom. The number of anilines is 1. The summed E-state index contributed by atoms with van der Waals surface area (Å²) in [5, 5.41) is 1.00. The molecule has 0 aliphatic heterocycles. The van der Waals surface area contributed by atoms with Crippen molar-refractivity contribution in [3.05, 3.63) is 29.5 Å². The first-order valence-electron chi connectivity index (χ1n) is 5.78. The Hall–Kier alpha value is -1.77. The van der Waals surface area contributed by atoms with Crippen molar-refractivity contribution in [2.24, 2.45) is 0 Å². The molecule has 0 aliphatic carbocycles. The molecule has 1 aromatic heterocycles. The van der Waals surface area contributed by atoms with Gasteiger partial charge in [0, 0.05) is 22.8 Å². The van der Waals surface area contributed by atoms with Gasteiger partial charge in [-0.25, -0.2) is 0 Å². The Balaban J connectivity index is 2.76. The second-order valence-electron chi connectivity index (χ2n) is 4.56. The topological polar surface area (TPSA) is 48.1 Å². The van der Waals surface area contributed by atoms with E-state index in [1.165, 1.54) is 0 Å². The van der Waals surface area contributed by atoms with E-state index in [0.717, 1.165) is 33.6 Å². The van der Waals surface area contributed by atoms with Crippen molar-refractivity contribution in [2.45, 2.75) is 26.7 Å². The maximum Gasteiger partial charge on any atom is 0.121 e. The van der Waals surface area contributed by atoms with Crippen LogP contribution in [-0.2, 0) is 0 Å². The number of nitrogens with zero attached hydrogens (tertiary/aromatic N) is 1. The first kappa shape index (κ1) is 11.7. The highest BCUT2D eigenvalue weighted by Crippen LogP contribution is 2.32. The van der Waals surface area contributed by atoms with E-state index in [4.69, 9.17) is 10.5 Å². The molecule has 17 heavy (non-hydrogen) atoms. The third kappa shape index (κ3) is 1.93. The lowest BCUT2D eigenvalue weighted by Crippen LogP contribution is -2.03. The fraction of sp³-hybridized carbons (Fsp3) is 0.357. The normalized spacial score (nSPS) is 11.1. The van der Waals surface area contributed by atoms with Gasteiger partial charge in [-0.3, -0.25) is 4.98 Å². The molecule has 2 N–H and O–H groups in total. The molecule has 0 saturated carbocycles. The van der Waals surface area contributed by atoms with Gasteiger partial charge in [0.25, 0.3) is 0 Å². The SMILES string of the molecule is COc1ccc2c(N)c(C(C)C)c(C)nc2c1. The molecule has 0 radical (unpaired) electrons. The lowest BCUT2D eigenvalue weighted by molar-refractivity contribution is 0.415. The van der Waals surface area contributed by atoms with E-state index < -0.39 is 0 Å². The summed E-state index contributed by atoms with van der Waals surface area (Å²) < 4.78 is 5.20. The molecular formula is C14H18N2O. The van der Waals surface area contributed by atoms with Crippen molar-refractivity contribution in [2.75, 3.05) is 12.8 Å². The van der Waals surface area contributed by atoms with Crippen LogP contribution in [0.3, 0.4) is 0 Å². The van der Waals surface area contributed by atoms with Crippen molar-refractivity contribution in [3.8, 4) is 5.75 Å². The first-order valence-corrected chi connectivity index (χ1v) is 5.78. The van der Waals surface area contributed by atoms with Gasteiger partial charge in [-0.05, 0) is 30.5 Å². The number of pyridine rings is 1. The molecule has 3 heteroatoms. The van der Waals surface area contributed by atoms with Crippen molar-refractivity contribution < 1.29 is 4.74 Å². The molecule has 0 spiro atoms. The van der Waals surface area contributed by atoms with E-state index in [9.17, 15) is 0 Å². The molecule has 2 aromatic rings. The monoisotopic (exact) mass is 230 g/mol. The number of hydrogen-bond donors (Lipinski definition) is 1. The molecule has 0 amide bonds. The number of benzene rings is 1. The molecule has 0 saturated heterocycles. The second-order valence-corrected chi connectivity index (χ2v) is 4.56. The lowest BCUT2D eigenvalue weighted by Gasteiger charge is -2.15. The molecule has 3 nitrogen and oxygen atoms in total. The highest BCUT2D eigenvalue weighted by molar-refractivity contribution is 5.93. The van der Waals surface area contributed by atoms with Gasteiger partial charge in [-0.1, -0.05) is 13.8 Å². The average molecular weight is 230 g/mol. The fourth-order valence-electron chi connectivity index (χ4n) is 2.27. The Bertz CT molecular complexity index is 562. The zero-order valence-corrected chi connectivity index (χ0v) is 10.7. The number of nitrogen functional groups attached to an aromatic ring is 1. The molecule has 90 valence electrons. The van der Waals surface area contributed by atoms with Gasteiger partial charge in [0.15, 0.2) is 0 Å². The highest BCUT2D eigenvalue weighted by Gasteiger charge is 2.13. The van der Waals surface area contributed by atoms with Crippen LogP contribution in [0.15, 0.2) is 18.2 Å². The standard InChI is InChI=1S/C14H18N2O/c1-8(2)13-9(3)16-12-7-10(17-4)5-6-11(12)14(13)15/h5-8H,1-4H3,(H2,15,16). The number of hydrogen-bond acceptors (Lipinski definition) is 3. The highest BCUT2D eigenvalue weighted by atomic mass is 16.5. The third-order valence-corrected chi connectivity index (χ3v) is 3.04. The number of methoxy groups -OCH3 is 1. The van der Waals surface area contributed by atoms with Gasteiger partial charge in [-0.15, -0.1) is 0 Å². The number of ether oxygens (including phenoxy) is 1. The second kappa shape index (κ2) is 4.24. The predicted octanol–water partition coefficient (Wildman–Crippen LogP) is 3.26. The summed E-state index contributed by atoms with van der Waals surface area (Å²) in [6, 6.07) is 5.81. The van der Waals surface area contributed by atoms with Crippen LogP contribution in [0.4, 0.5) is 5.69 Å². The largest absolute Gasteiger partial charge is 0.497 e. The van der Waals surface area contributed by atoms with Crippen LogP contribution in [0.5, 0.6) is 5.75 Å². The van der Waals surface area contributed by atoms with Gasteiger partial charge in [-0.2, -0.15) is 0 Å². The van der Waals surface area contributed by atoms with Crippen LogP contribution in [0, 0.1) is 6.92 Å². The first-order chi connectivity index (χ1) is 8.04. The fourth-order valence-corrected chi connectivity index (χ4v) is 2.27. The molecule has 1 aromatic carbocycles. The number of rotatable bonds is 2. The van der Waals surface area contributed by atoms with Crippen LogP contribution >= 0.6 is 0 Å². The van der Waals surface area contributed by atoms with E-state index >= 15 is 0 Å². The van der Waals surface area contributed by atoms with Gasteiger partial charge < -0.3 is 10.5 Å². The Morgan fingerprint density at radius 3 is 2.59 bits per heavy atom. The molecule has 1 heterocycles. The minimum atomic E-state index is 0.383. The van der Waals surface area contributed by atoms with Gasteiger partial charge >= 0.3 is 0 Å². The maximum atomic E-state index is 6.23. The molecule has 0 bridgehead atoms. The Kier molecular flexibility index (Phi) is 2.92. The molecule has 0 unspecified atom stereocenters. The van der Waals surface area contributed by atoms with Gasteiger partial charge in [0.05, 0.1) is 12.6 Å². The van der Waals surface area contributed by atoms with Crippen molar-refractivity contribution in [1.82, 2.24) is 4.98 Å². The van der Waals surface area contributed by atoms with E-state index in [-0.39, 0.29) is 0 Å². The number of aryl methyl sites for hydroxylation is 1. The summed E-state index contributed by atoms with van der Waals surface area (Å²) in [5.74, 6) is 1.19. The number of fused-ring (bicyclic) bond motifs is 1. The van der Waals surface area contributed by atoms with Crippen molar-refractivity contribution >= 4 is 16.6 Å².